The molecule has 5 rings (SSSR count). The summed E-state index contributed by atoms with van der Waals surface area (Å²) >= 11 is 12.1. The highest BCUT2D eigenvalue weighted by Gasteiger charge is 2.34. The summed E-state index contributed by atoms with van der Waals surface area (Å²) in [5, 5.41) is 5.99. The number of ketones is 1. The summed E-state index contributed by atoms with van der Waals surface area (Å²) in [6.45, 7) is 1.61. The fraction of sp³-hybridized carbons (Fsp3) is 0.0968. The van der Waals surface area contributed by atoms with Crippen molar-refractivity contribution in [3.8, 4) is 0 Å². The van der Waals surface area contributed by atoms with Gasteiger partial charge in [0.15, 0.2) is 5.78 Å². The number of rotatable bonds is 6. The van der Waals surface area contributed by atoms with Gasteiger partial charge in [0, 0.05) is 32.4 Å². The quantitative estimate of drug-likeness (QED) is 0.258. The van der Waals surface area contributed by atoms with Crippen LogP contribution in [0, 0.1) is 6.92 Å². The van der Waals surface area contributed by atoms with Crippen LogP contribution in [0.5, 0.6) is 0 Å². The maximum atomic E-state index is 14.0. The second-order valence-electron chi connectivity index (χ2n) is 9.18. The van der Waals surface area contributed by atoms with Crippen LogP contribution in [-0.4, -0.2) is 36.1 Å². The average molecular weight is 571 g/mol. The number of benzene rings is 4. The number of carbonyl (C=O) groups excluding carboxylic acids is 3. The summed E-state index contributed by atoms with van der Waals surface area (Å²) in [4.78, 5) is 46.6. The van der Waals surface area contributed by atoms with Crippen molar-refractivity contribution < 1.29 is 14.4 Å². The predicted molar refractivity (Wildman–Crippen MR) is 159 cm³/mol. The minimum atomic E-state index is -1.33. The van der Waals surface area contributed by atoms with Crippen LogP contribution < -0.4 is 15.5 Å². The Morgan fingerprint density at radius 2 is 1.52 bits per heavy atom. The molecule has 4 aromatic rings. The van der Waals surface area contributed by atoms with Crippen LogP contribution in [0.15, 0.2) is 102 Å². The van der Waals surface area contributed by atoms with E-state index in [0.717, 1.165) is 11.1 Å². The molecular formula is C31H24Cl2N4O3. The molecule has 1 atom stereocenters. The number of hydrogen-bond acceptors (Lipinski definition) is 4. The molecule has 3 amide bonds. The van der Waals surface area contributed by atoms with E-state index in [2.05, 4.69) is 10.6 Å². The van der Waals surface area contributed by atoms with Crippen LogP contribution in [-0.2, 0) is 4.79 Å². The Morgan fingerprint density at radius 1 is 0.875 bits per heavy atom. The lowest BCUT2D eigenvalue weighted by atomic mass is 9.99. The summed E-state index contributed by atoms with van der Waals surface area (Å²) in [5.74, 6) is -0.791. The Labute approximate surface area is 241 Å². The van der Waals surface area contributed by atoms with Gasteiger partial charge in [0.05, 0.1) is 17.9 Å². The summed E-state index contributed by atoms with van der Waals surface area (Å²) in [6.07, 6.45) is -1.33. The van der Waals surface area contributed by atoms with Crippen molar-refractivity contribution in [2.24, 2.45) is 4.99 Å². The third-order valence-corrected chi connectivity index (χ3v) is 6.83. The number of hydrogen-bond donors (Lipinski definition) is 2. The Balaban J connectivity index is 1.54. The number of fused-ring (bicyclic) bond motifs is 1. The minimum Gasteiger partial charge on any atom is -0.308 e. The highest BCUT2D eigenvalue weighted by atomic mass is 35.5. The lowest BCUT2D eigenvalue weighted by Crippen LogP contribution is -2.50. The van der Waals surface area contributed by atoms with Crippen molar-refractivity contribution in [2.45, 2.75) is 13.1 Å². The molecule has 0 aromatic heterocycles. The van der Waals surface area contributed by atoms with Gasteiger partial charge in [0.1, 0.15) is 0 Å². The Hall–Kier alpha value is -4.46. The number of amides is 3. The van der Waals surface area contributed by atoms with Gasteiger partial charge in [-0.05, 0) is 36.8 Å². The molecule has 200 valence electrons. The maximum absolute atomic E-state index is 14.0. The SMILES string of the molecule is Cc1ccccc1C(=O)CN1C(=O)[C@@H](NC(=O)Nc2cc(Cl)cc(Cl)c2)N=C(c2ccccc2)c2ccccc21. The van der Waals surface area contributed by atoms with Crippen molar-refractivity contribution in [1.29, 1.82) is 0 Å². The molecule has 1 aliphatic heterocycles. The number of para-hydroxylation sites is 1. The monoisotopic (exact) mass is 570 g/mol. The zero-order valence-corrected chi connectivity index (χ0v) is 22.9. The molecule has 0 saturated carbocycles. The fourth-order valence-electron chi connectivity index (χ4n) is 4.54. The lowest BCUT2D eigenvalue weighted by molar-refractivity contribution is -0.120. The molecule has 0 aliphatic carbocycles. The topological polar surface area (TPSA) is 90.9 Å². The molecule has 0 fully saturated rings. The van der Waals surface area contributed by atoms with E-state index in [1.807, 2.05) is 61.5 Å². The molecule has 0 unspecified atom stereocenters. The first-order valence-electron chi connectivity index (χ1n) is 12.5. The van der Waals surface area contributed by atoms with Gasteiger partial charge in [0.25, 0.3) is 5.91 Å². The van der Waals surface area contributed by atoms with E-state index in [4.69, 9.17) is 28.2 Å². The molecule has 4 aromatic carbocycles. The summed E-state index contributed by atoms with van der Waals surface area (Å²) in [7, 11) is 0. The number of carbonyl (C=O) groups is 3. The molecule has 7 nitrogen and oxygen atoms in total. The standard InChI is InChI=1S/C31H24Cl2N4O3/c1-19-9-5-6-12-24(19)27(38)18-37-26-14-8-7-13-25(26)28(20-10-3-2-4-11-20)35-29(30(37)39)36-31(40)34-23-16-21(32)15-22(33)17-23/h2-17,29H,18H2,1H3,(H2,34,36,40)/t29-/m1/s1. The predicted octanol–water partition coefficient (Wildman–Crippen LogP) is 6.52. The van der Waals surface area contributed by atoms with Gasteiger partial charge >= 0.3 is 6.03 Å². The van der Waals surface area contributed by atoms with Gasteiger partial charge in [0.2, 0.25) is 6.17 Å². The molecular weight excluding hydrogens is 547 g/mol. The van der Waals surface area contributed by atoms with E-state index in [9.17, 15) is 14.4 Å². The molecule has 2 N–H and O–H groups in total. The first-order chi connectivity index (χ1) is 19.3. The summed E-state index contributed by atoms with van der Waals surface area (Å²) < 4.78 is 0. The molecule has 1 aliphatic rings. The van der Waals surface area contributed by atoms with E-state index in [0.29, 0.717) is 38.3 Å². The number of aryl methyl sites for hydroxylation is 1. The third kappa shape index (κ3) is 5.91. The van der Waals surface area contributed by atoms with E-state index >= 15 is 0 Å². The largest absolute Gasteiger partial charge is 0.321 e. The smallest absolute Gasteiger partial charge is 0.308 e. The second kappa shape index (κ2) is 11.7. The number of urea groups is 1. The van der Waals surface area contributed by atoms with Crippen LogP contribution in [0.4, 0.5) is 16.2 Å². The molecule has 1 heterocycles. The van der Waals surface area contributed by atoms with Crippen molar-refractivity contribution in [1.82, 2.24) is 5.32 Å². The molecule has 0 bridgehead atoms. The van der Waals surface area contributed by atoms with E-state index < -0.39 is 18.1 Å². The Morgan fingerprint density at radius 3 is 2.25 bits per heavy atom. The number of benzodiazepines with no additional fused rings is 1. The van der Waals surface area contributed by atoms with Crippen LogP contribution in [0.3, 0.4) is 0 Å². The summed E-state index contributed by atoms with van der Waals surface area (Å²) in [5.41, 5.74) is 4.10. The highest BCUT2D eigenvalue weighted by Crippen LogP contribution is 2.29. The van der Waals surface area contributed by atoms with Gasteiger partial charge in [-0.3, -0.25) is 9.59 Å². The molecule has 40 heavy (non-hydrogen) atoms. The number of halogens is 2. The second-order valence-corrected chi connectivity index (χ2v) is 10.1. The van der Waals surface area contributed by atoms with E-state index in [1.54, 1.807) is 24.3 Å². The van der Waals surface area contributed by atoms with Gasteiger partial charge in [-0.1, -0.05) is 96.0 Å². The number of Topliss-reactive ketones (excluding diaryl/α,β-unsaturated/α-hetero) is 1. The number of nitrogens with zero attached hydrogens (tertiary/aromatic N) is 2. The highest BCUT2D eigenvalue weighted by molar-refractivity contribution is 6.35. The van der Waals surface area contributed by atoms with Crippen molar-refractivity contribution in [3.05, 3.63) is 129 Å². The number of aliphatic imine (C=N–C) groups is 1. The van der Waals surface area contributed by atoms with Crippen molar-refractivity contribution in [3.63, 3.8) is 0 Å². The maximum Gasteiger partial charge on any atom is 0.321 e. The van der Waals surface area contributed by atoms with Gasteiger partial charge in [-0.2, -0.15) is 0 Å². The third-order valence-electron chi connectivity index (χ3n) is 6.39. The average Bonchev–Trinajstić information content (AvgIpc) is 3.04. The number of anilines is 2. The normalized spacial score (nSPS) is 14.6. The van der Waals surface area contributed by atoms with Crippen LogP contribution in [0.25, 0.3) is 0 Å². The van der Waals surface area contributed by atoms with Crippen LogP contribution >= 0.6 is 23.2 Å². The molecule has 0 spiro atoms. The Kier molecular flexibility index (Phi) is 7.96. The first-order valence-corrected chi connectivity index (χ1v) is 13.2. The minimum absolute atomic E-state index is 0.234. The fourth-order valence-corrected chi connectivity index (χ4v) is 5.07. The van der Waals surface area contributed by atoms with Crippen molar-refractivity contribution >= 4 is 58.0 Å². The van der Waals surface area contributed by atoms with Gasteiger partial charge in [-0.15, -0.1) is 0 Å². The first kappa shape index (κ1) is 27.1. The van der Waals surface area contributed by atoms with Gasteiger partial charge < -0.3 is 15.5 Å². The lowest BCUT2D eigenvalue weighted by Gasteiger charge is -2.25. The molecule has 0 saturated heterocycles. The van der Waals surface area contributed by atoms with Crippen molar-refractivity contribution in [2.75, 3.05) is 16.8 Å². The van der Waals surface area contributed by atoms with Crippen LogP contribution in [0.2, 0.25) is 10.0 Å². The molecule has 0 radical (unpaired) electrons. The van der Waals surface area contributed by atoms with Gasteiger partial charge in [-0.25, -0.2) is 9.79 Å². The van der Waals surface area contributed by atoms with Crippen LogP contribution in [0.1, 0.15) is 27.0 Å². The zero-order chi connectivity index (χ0) is 28.2. The zero-order valence-electron chi connectivity index (χ0n) is 21.4. The summed E-state index contributed by atoms with van der Waals surface area (Å²) in [6, 6.07) is 27.7. The Bertz CT molecular complexity index is 1620. The number of nitrogens with one attached hydrogen (secondary N) is 2. The van der Waals surface area contributed by atoms with E-state index in [1.165, 1.54) is 23.1 Å². The van der Waals surface area contributed by atoms with E-state index in [-0.39, 0.29) is 12.3 Å². The molecule has 9 heteroatoms.